The predicted molar refractivity (Wildman–Crippen MR) is 108 cm³/mol. The normalized spacial score (nSPS) is 17.6. The summed E-state index contributed by atoms with van der Waals surface area (Å²) in [7, 11) is 0. The molecule has 1 aliphatic rings. The quantitative estimate of drug-likeness (QED) is 0.552. The lowest BCUT2D eigenvalue weighted by Crippen LogP contribution is -2.62. The lowest BCUT2D eigenvalue weighted by molar-refractivity contribution is -0.196. The molecular weight excluding hydrogens is 453 g/mol. The van der Waals surface area contributed by atoms with Crippen molar-refractivity contribution in [2.24, 2.45) is 0 Å². The molecule has 0 unspecified atom stereocenters. The molecule has 2 heterocycles. The van der Waals surface area contributed by atoms with Crippen LogP contribution in [0, 0.1) is 0 Å². The maximum Gasteiger partial charge on any atom is 0.425 e. The smallest absolute Gasteiger partial charge is 0.326 e. The molecule has 4 rings (SSSR count). The van der Waals surface area contributed by atoms with E-state index in [1.54, 1.807) is 16.4 Å². The second-order valence-electron chi connectivity index (χ2n) is 6.82. The van der Waals surface area contributed by atoms with Gasteiger partial charge in [0.25, 0.3) is 22.9 Å². The number of alkyl halides is 3. The van der Waals surface area contributed by atoms with E-state index in [0.29, 0.717) is 0 Å². The number of anilines is 1. The van der Waals surface area contributed by atoms with Crippen LogP contribution in [0.3, 0.4) is 0 Å². The predicted octanol–water partition coefficient (Wildman–Crippen LogP) is 2.32. The van der Waals surface area contributed by atoms with E-state index in [2.05, 4.69) is 0 Å². The minimum Gasteiger partial charge on any atom is -0.326 e. The summed E-state index contributed by atoms with van der Waals surface area (Å²) in [6.07, 6.45) is -5.43. The molecule has 164 valence electrons. The van der Waals surface area contributed by atoms with Crippen molar-refractivity contribution in [3.63, 3.8) is 0 Å². The molecule has 2 aromatic carbocycles. The van der Waals surface area contributed by atoms with Gasteiger partial charge in [-0.2, -0.15) is 13.2 Å². The lowest BCUT2D eigenvalue weighted by Gasteiger charge is -2.30. The molecule has 3 aromatic rings. The van der Waals surface area contributed by atoms with Gasteiger partial charge in [0.15, 0.2) is 0 Å². The van der Waals surface area contributed by atoms with Crippen LogP contribution >= 0.6 is 11.6 Å². The van der Waals surface area contributed by atoms with E-state index in [0.717, 1.165) is 16.7 Å². The number of rotatable bonds is 3. The average Bonchev–Trinajstić information content (AvgIpc) is 3.02. The van der Waals surface area contributed by atoms with Crippen molar-refractivity contribution >= 4 is 29.2 Å². The molecule has 0 aliphatic carbocycles. The summed E-state index contributed by atoms with van der Waals surface area (Å²) in [5, 5.41) is 3.85. The van der Waals surface area contributed by atoms with Crippen molar-refractivity contribution in [3.05, 3.63) is 91.6 Å². The maximum atomic E-state index is 14.4. The van der Waals surface area contributed by atoms with Gasteiger partial charge in [-0.1, -0.05) is 29.8 Å². The molecule has 0 bridgehead atoms. The van der Waals surface area contributed by atoms with Gasteiger partial charge < -0.3 is 10.6 Å². The van der Waals surface area contributed by atoms with Gasteiger partial charge in [0.05, 0.1) is 5.69 Å². The van der Waals surface area contributed by atoms with Crippen LogP contribution in [0.5, 0.6) is 0 Å². The molecule has 8 nitrogen and oxygen atoms in total. The number of carbonyl (C=O) groups is 2. The van der Waals surface area contributed by atoms with Gasteiger partial charge in [0.2, 0.25) is 0 Å². The fraction of sp³-hybridized carbons (Fsp3) is 0.100. The van der Waals surface area contributed by atoms with Gasteiger partial charge in [-0.05, 0) is 36.4 Å². The minimum atomic E-state index is -5.43. The number of halogens is 4. The number of carbonyl (C=O) groups excluding carboxylic acids is 2. The summed E-state index contributed by atoms with van der Waals surface area (Å²) in [5.41, 5.74) is -7.57. The number of hydrogen-bond acceptors (Lipinski definition) is 4. The highest BCUT2D eigenvalue weighted by molar-refractivity contribution is 6.30. The number of para-hydroxylation sites is 1. The third-order valence-corrected chi connectivity index (χ3v) is 5.16. The molecule has 1 aliphatic heterocycles. The van der Waals surface area contributed by atoms with Gasteiger partial charge >= 0.3 is 11.9 Å². The number of fused-ring (bicyclic) bond motifs is 1. The Morgan fingerprint density at radius 3 is 2.22 bits per heavy atom. The summed E-state index contributed by atoms with van der Waals surface area (Å²) < 4.78 is 43.8. The molecule has 2 amide bonds. The topological polar surface area (TPSA) is 113 Å². The van der Waals surface area contributed by atoms with Gasteiger partial charge in [0.1, 0.15) is 11.4 Å². The zero-order valence-corrected chi connectivity index (χ0v) is 16.5. The number of amides is 2. The maximum absolute atomic E-state index is 14.4. The average molecular weight is 465 g/mol. The van der Waals surface area contributed by atoms with Gasteiger partial charge in [0, 0.05) is 10.6 Å². The Balaban J connectivity index is 1.96. The minimum absolute atomic E-state index is 0.0901. The van der Waals surface area contributed by atoms with E-state index < -0.39 is 46.2 Å². The van der Waals surface area contributed by atoms with Crippen LogP contribution in [-0.2, 0) is 10.3 Å². The number of nitrogens with one attached hydrogen (secondary N) is 3. The molecular formula is C20H12ClF3N4O4. The largest absolute Gasteiger partial charge is 0.425 e. The number of aromatic nitrogens is 2. The first-order valence-corrected chi connectivity index (χ1v) is 9.35. The molecule has 1 atom stereocenters. The first-order valence-electron chi connectivity index (χ1n) is 8.98. The summed E-state index contributed by atoms with van der Waals surface area (Å²) in [6.45, 7) is 0. The lowest BCUT2D eigenvalue weighted by atomic mass is 9.91. The molecule has 3 N–H and O–H groups in total. The van der Waals surface area contributed by atoms with Crippen LogP contribution in [0.15, 0.2) is 64.2 Å². The second-order valence-corrected chi connectivity index (χ2v) is 7.25. The Morgan fingerprint density at radius 2 is 1.62 bits per heavy atom. The van der Waals surface area contributed by atoms with E-state index in [-0.39, 0.29) is 16.3 Å². The third-order valence-electron chi connectivity index (χ3n) is 4.91. The van der Waals surface area contributed by atoms with Crippen molar-refractivity contribution in [3.8, 4) is 5.69 Å². The molecule has 0 radical (unpaired) electrons. The summed E-state index contributed by atoms with van der Waals surface area (Å²) in [6, 6.07) is 12.3. The number of aromatic amines is 1. The Kier molecular flexibility index (Phi) is 4.93. The fourth-order valence-corrected chi connectivity index (χ4v) is 3.57. The molecule has 0 saturated carbocycles. The highest BCUT2D eigenvalue weighted by atomic mass is 35.5. The number of H-pyrrole nitrogens is 1. The van der Waals surface area contributed by atoms with Crippen LogP contribution < -0.4 is 21.9 Å². The van der Waals surface area contributed by atoms with E-state index in [9.17, 15) is 32.3 Å². The van der Waals surface area contributed by atoms with E-state index in [1.165, 1.54) is 36.4 Å². The number of benzene rings is 2. The molecule has 12 heteroatoms. The molecule has 0 spiro atoms. The van der Waals surface area contributed by atoms with E-state index in [4.69, 9.17) is 11.6 Å². The van der Waals surface area contributed by atoms with Gasteiger partial charge in [-0.15, -0.1) is 0 Å². The van der Waals surface area contributed by atoms with E-state index >= 15 is 0 Å². The molecule has 32 heavy (non-hydrogen) atoms. The molecule has 1 aromatic heterocycles. The van der Waals surface area contributed by atoms with Crippen molar-refractivity contribution < 1.29 is 22.8 Å². The summed E-state index contributed by atoms with van der Waals surface area (Å²) in [5.74, 6) is -3.70. The second kappa shape index (κ2) is 7.38. The monoisotopic (exact) mass is 464 g/mol. The van der Waals surface area contributed by atoms with Crippen LogP contribution in [0.2, 0.25) is 5.02 Å². The first-order chi connectivity index (χ1) is 15.1. The summed E-state index contributed by atoms with van der Waals surface area (Å²) >= 11 is 5.73. The highest BCUT2D eigenvalue weighted by Crippen LogP contribution is 2.45. The van der Waals surface area contributed by atoms with Crippen molar-refractivity contribution in [1.82, 2.24) is 14.9 Å². The molecule has 0 saturated heterocycles. The van der Waals surface area contributed by atoms with Crippen molar-refractivity contribution in [2.45, 2.75) is 11.7 Å². The third kappa shape index (κ3) is 3.17. The Bertz CT molecular complexity index is 1350. The fourth-order valence-electron chi connectivity index (χ4n) is 3.45. The standard InChI is InChI=1S/C20H12ClF3N4O4/c21-11-8-6-10(7-9-11)15(29)27-19(20(22,23)24)13-14(25-17(19)31)28(18(32)26-16(13)30)12-4-2-1-3-5-12/h1-9H,(H,25,31)(H,27,29)(H,26,30,32)/t19-/m0/s1. The Labute approximate surface area is 181 Å². The van der Waals surface area contributed by atoms with E-state index in [1.807, 2.05) is 5.32 Å². The number of hydrogen-bond donors (Lipinski definition) is 3. The number of nitrogens with zero attached hydrogens (tertiary/aromatic N) is 1. The summed E-state index contributed by atoms with van der Waals surface area (Å²) in [4.78, 5) is 52.1. The Morgan fingerprint density at radius 1 is 1.00 bits per heavy atom. The first kappa shape index (κ1) is 21.4. The molecule has 0 fully saturated rings. The van der Waals surface area contributed by atoms with Crippen molar-refractivity contribution in [1.29, 1.82) is 0 Å². The zero-order chi connectivity index (χ0) is 23.3. The van der Waals surface area contributed by atoms with Gasteiger partial charge in [-0.3, -0.25) is 19.4 Å². The SMILES string of the molecule is O=C(N[C@]1(C(F)(F)F)C(=O)Nc2c1c(=O)[nH]c(=O)n2-c1ccccc1)c1ccc(Cl)cc1. The van der Waals surface area contributed by atoms with Gasteiger partial charge in [-0.25, -0.2) is 9.36 Å². The van der Waals surface area contributed by atoms with Crippen LogP contribution in [-0.4, -0.2) is 27.5 Å². The van der Waals surface area contributed by atoms with Crippen LogP contribution in [0.25, 0.3) is 5.69 Å². The van der Waals surface area contributed by atoms with Crippen LogP contribution in [0.1, 0.15) is 15.9 Å². The van der Waals surface area contributed by atoms with Crippen LogP contribution in [0.4, 0.5) is 19.0 Å². The Hall–Kier alpha value is -3.86. The zero-order valence-electron chi connectivity index (χ0n) is 15.8. The van der Waals surface area contributed by atoms with Crippen molar-refractivity contribution in [2.75, 3.05) is 5.32 Å². The highest BCUT2D eigenvalue weighted by Gasteiger charge is 2.68.